The molecule has 2 atom stereocenters. The number of esters is 2. The molecule has 0 spiro atoms. The average molecular weight is 320 g/mol. The van der Waals surface area contributed by atoms with Gasteiger partial charge in [0.2, 0.25) is 5.78 Å². The van der Waals surface area contributed by atoms with Crippen LogP contribution in [-0.4, -0.2) is 36.0 Å². The summed E-state index contributed by atoms with van der Waals surface area (Å²) < 4.78 is 10.1. The van der Waals surface area contributed by atoms with E-state index in [4.69, 9.17) is 9.47 Å². The molecule has 23 heavy (non-hydrogen) atoms. The summed E-state index contributed by atoms with van der Waals surface area (Å²) in [6.45, 7) is 3.77. The Bertz CT molecular complexity index is 613. The second kappa shape index (κ2) is 6.81. The van der Waals surface area contributed by atoms with Crippen LogP contribution in [0.4, 0.5) is 0 Å². The molecule has 0 aliphatic heterocycles. The molecule has 0 aromatic carbocycles. The fraction of sp³-hybridized carbons (Fsp3) is 0.471. The van der Waals surface area contributed by atoms with Gasteiger partial charge in [0.15, 0.2) is 5.76 Å². The first kappa shape index (κ1) is 17.0. The zero-order valence-electron chi connectivity index (χ0n) is 13.2. The first-order valence-corrected chi connectivity index (χ1v) is 7.63. The third kappa shape index (κ3) is 2.93. The number of fused-ring (bicyclic) bond motifs is 1. The third-order valence-corrected chi connectivity index (χ3v) is 4.10. The number of hydrogen-bond donors (Lipinski definition) is 1. The SMILES string of the molecule is CCOC(=O)C[C@@H]1C=CCC2=C(O)C(=O)C=CC21C(=O)OCC. The second-order valence-electron chi connectivity index (χ2n) is 5.36. The Morgan fingerprint density at radius 2 is 2.00 bits per heavy atom. The summed E-state index contributed by atoms with van der Waals surface area (Å²) in [4.78, 5) is 36.3. The zero-order chi connectivity index (χ0) is 17.0. The van der Waals surface area contributed by atoms with Crippen LogP contribution in [0.5, 0.6) is 0 Å². The number of hydrogen-bond acceptors (Lipinski definition) is 6. The molecule has 0 bridgehead atoms. The number of ether oxygens (including phenoxy) is 2. The fourth-order valence-electron chi connectivity index (χ4n) is 3.07. The first-order valence-electron chi connectivity index (χ1n) is 7.63. The molecule has 0 aromatic heterocycles. The number of aliphatic hydroxyl groups excluding tert-OH is 1. The maximum atomic E-state index is 12.6. The molecule has 6 heteroatoms. The fourth-order valence-corrected chi connectivity index (χ4v) is 3.07. The normalized spacial score (nSPS) is 26.0. The lowest BCUT2D eigenvalue weighted by Gasteiger charge is -2.40. The van der Waals surface area contributed by atoms with Gasteiger partial charge in [0.05, 0.1) is 19.6 Å². The predicted molar refractivity (Wildman–Crippen MR) is 81.4 cm³/mol. The minimum Gasteiger partial charge on any atom is -0.504 e. The smallest absolute Gasteiger partial charge is 0.320 e. The summed E-state index contributed by atoms with van der Waals surface area (Å²) >= 11 is 0. The largest absolute Gasteiger partial charge is 0.504 e. The van der Waals surface area contributed by atoms with Crippen molar-refractivity contribution in [1.29, 1.82) is 0 Å². The number of carbonyl (C=O) groups is 3. The topological polar surface area (TPSA) is 89.9 Å². The molecule has 124 valence electrons. The van der Waals surface area contributed by atoms with Crippen LogP contribution in [0, 0.1) is 11.3 Å². The highest BCUT2D eigenvalue weighted by molar-refractivity contribution is 6.06. The van der Waals surface area contributed by atoms with Gasteiger partial charge in [-0.1, -0.05) is 18.2 Å². The maximum absolute atomic E-state index is 12.6. The van der Waals surface area contributed by atoms with E-state index in [1.54, 1.807) is 26.0 Å². The quantitative estimate of drug-likeness (QED) is 0.615. The van der Waals surface area contributed by atoms with Crippen LogP contribution in [0.3, 0.4) is 0 Å². The minimum absolute atomic E-state index is 0.0432. The molecule has 2 aliphatic rings. The minimum atomic E-state index is -1.34. The van der Waals surface area contributed by atoms with Gasteiger partial charge < -0.3 is 14.6 Å². The molecular formula is C17H20O6. The van der Waals surface area contributed by atoms with Crippen LogP contribution < -0.4 is 0 Å². The summed E-state index contributed by atoms with van der Waals surface area (Å²) in [5, 5.41) is 10.1. The predicted octanol–water partition coefficient (Wildman–Crippen LogP) is 2.02. The number of carbonyl (C=O) groups excluding carboxylic acids is 3. The number of ketones is 1. The highest BCUT2D eigenvalue weighted by atomic mass is 16.5. The van der Waals surface area contributed by atoms with Crippen molar-refractivity contribution in [3.05, 3.63) is 35.6 Å². The van der Waals surface area contributed by atoms with Crippen molar-refractivity contribution in [1.82, 2.24) is 0 Å². The zero-order valence-corrected chi connectivity index (χ0v) is 13.2. The monoisotopic (exact) mass is 320 g/mol. The lowest BCUT2D eigenvalue weighted by molar-refractivity contribution is -0.154. The molecule has 0 heterocycles. The van der Waals surface area contributed by atoms with E-state index >= 15 is 0 Å². The maximum Gasteiger partial charge on any atom is 0.320 e. The van der Waals surface area contributed by atoms with E-state index in [0.29, 0.717) is 0 Å². The van der Waals surface area contributed by atoms with E-state index in [2.05, 4.69) is 0 Å². The molecular weight excluding hydrogens is 300 g/mol. The van der Waals surface area contributed by atoms with Gasteiger partial charge in [-0.2, -0.15) is 0 Å². The molecule has 0 aromatic rings. The van der Waals surface area contributed by atoms with Crippen LogP contribution in [0.2, 0.25) is 0 Å². The molecule has 0 saturated heterocycles. The molecule has 0 saturated carbocycles. The Morgan fingerprint density at radius 1 is 1.30 bits per heavy atom. The number of allylic oxidation sites excluding steroid dienone is 3. The van der Waals surface area contributed by atoms with Crippen molar-refractivity contribution in [2.45, 2.75) is 26.7 Å². The summed E-state index contributed by atoms with van der Waals surface area (Å²) in [7, 11) is 0. The van der Waals surface area contributed by atoms with Crippen LogP contribution in [0.15, 0.2) is 35.6 Å². The first-order chi connectivity index (χ1) is 11.0. The molecule has 0 amide bonds. The van der Waals surface area contributed by atoms with Gasteiger partial charge in [-0.25, -0.2) is 0 Å². The molecule has 6 nitrogen and oxygen atoms in total. The molecule has 2 aliphatic carbocycles. The van der Waals surface area contributed by atoms with Gasteiger partial charge >= 0.3 is 11.9 Å². The highest BCUT2D eigenvalue weighted by Gasteiger charge is 2.52. The van der Waals surface area contributed by atoms with Gasteiger partial charge in [-0.3, -0.25) is 14.4 Å². The van der Waals surface area contributed by atoms with E-state index in [1.807, 2.05) is 0 Å². The lowest BCUT2D eigenvalue weighted by Crippen LogP contribution is -2.44. The highest BCUT2D eigenvalue weighted by Crippen LogP contribution is 2.49. The number of rotatable bonds is 5. The molecule has 2 rings (SSSR count). The Kier molecular flexibility index (Phi) is 5.03. The Labute approximate surface area is 134 Å². The Hall–Kier alpha value is -2.37. The van der Waals surface area contributed by atoms with Gasteiger partial charge in [0.1, 0.15) is 5.41 Å². The van der Waals surface area contributed by atoms with Crippen LogP contribution in [0.1, 0.15) is 26.7 Å². The summed E-state index contributed by atoms with van der Waals surface area (Å²) in [6.07, 6.45) is 6.28. The lowest BCUT2D eigenvalue weighted by atomic mass is 9.62. The van der Waals surface area contributed by atoms with Crippen LogP contribution in [-0.2, 0) is 23.9 Å². The van der Waals surface area contributed by atoms with E-state index in [0.717, 1.165) is 6.08 Å². The van der Waals surface area contributed by atoms with Gasteiger partial charge in [-0.05, 0) is 26.3 Å². The van der Waals surface area contributed by atoms with E-state index in [-0.39, 0.29) is 31.6 Å². The van der Waals surface area contributed by atoms with Crippen molar-refractivity contribution in [3.63, 3.8) is 0 Å². The second-order valence-corrected chi connectivity index (χ2v) is 5.36. The van der Waals surface area contributed by atoms with Crippen molar-refractivity contribution < 1.29 is 29.0 Å². The summed E-state index contributed by atoms with van der Waals surface area (Å²) in [6, 6.07) is 0. The Morgan fingerprint density at radius 3 is 2.65 bits per heavy atom. The van der Waals surface area contributed by atoms with Crippen LogP contribution in [0.25, 0.3) is 0 Å². The van der Waals surface area contributed by atoms with Gasteiger partial charge in [-0.15, -0.1) is 0 Å². The third-order valence-electron chi connectivity index (χ3n) is 4.10. The Balaban J connectivity index is 2.49. The van der Waals surface area contributed by atoms with Crippen molar-refractivity contribution in [2.24, 2.45) is 11.3 Å². The molecule has 0 fully saturated rings. The molecule has 1 N–H and O–H groups in total. The van der Waals surface area contributed by atoms with Crippen LogP contribution >= 0.6 is 0 Å². The standard InChI is InChI=1S/C17H20O6/c1-3-22-14(19)10-11-6-5-7-12-15(20)13(18)8-9-17(11,12)16(21)23-4-2/h5-6,8-9,11,20H,3-4,7,10H2,1-2H3/t11-,17?/m0/s1. The summed E-state index contributed by atoms with van der Waals surface area (Å²) in [5.74, 6) is -2.60. The molecule has 0 radical (unpaired) electrons. The molecule has 1 unspecified atom stereocenters. The van der Waals surface area contributed by atoms with Gasteiger partial charge in [0, 0.05) is 11.5 Å². The average Bonchev–Trinajstić information content (AvgIpc) is 2.52. The van der Waals surface area contributed by atoms with E-state index in [1.165, 1.54) is 6.08 Å². The van der Waals surface area contributed by atoms with Crippen molar-refractivity contribution >= 4 is 17.7 Å². The van der Waals surface area contributed by atoms with Crippen molar-refractivity contribution in [2.75, 3.05) is 13.2 Å². The van der Waals surface area contributed by atoms with Crippen molar-refractivity contribution in [3.8, 4) is 0 Å². The van der Waals surface area contributed by atoms with E-state index in [9.17, 15) is 19.5 Å². The summed E-state index contributed by atoms with van der Waals surface area (Å²) in [5.41, 5.74) is -1.06. The number of aliphatic hydroxyl groups is 1. The van der Waals surface area contributed by atoms with E-state index < -0.39 is 34.8 Å². The van der Waals surface area contributed by atoms with Gasteiger partial charge in [0.25, 0.3) is 0 Å².